The second kappa shape index (κ2) is 7.16. The molecule has 0 saturated heterocycles. The van der Waals surface area contributed by atoms with Crippen LogP contribution in [0, 0.1) is 0 Å². The zero-order valence-corrected chi connectivity index (χ0v) is 14.2. The van der Waals surface area contributed by atoms with Gasteiger partial charge in [-0.15, -0.1) is 0 Å². The summed E-state index contributed by atoms with van der Waals surface area (Å²) < 4.78 is 0. The van der Waals surface area contributed by atoms with E-state index in [2.05, 4.69) is 28.2 Å². The molecule has 23 heavy (non-hydrogen) atoms. The highest BCUT2D eigenvalue weighted by molar-refractivity contribution is 7.99. The fourth-order valence-electron chi connectivity index (χ4n) is 2.31. The van der Waals surface area contributed by atoms with Gasteiger partial charge in [0.05, 0.1) is 16.6 Å². The van der Waals surface area contributed by atoms with Crippen molar-refractivity contribution in [2.24, 2.45) is 5.11 Å². The second-order valence-corrected chi connectivity index (χ2v) is 6.72. The number of nitrogens with zero attached hydrogens (tertiary/aromatic N) is 3. The van der Waals surface area contributed by atoms with Crippen molar-refractivity contribution in [1.29, 1.82) is 0 Å². The van der Waals surface area contributed by atoms with Crippen molar-refractivity contribution in [3.8, 4) is 0 Å². The summed E-state index contributed by atoms with van der Waals surface area (Å²) in [5, 5.41) is 6.97. The van der Waals surface area contributed by atoms with Crippen LogP contribution < -0.4 is 0 Å². The van der Waals surface area contributed by atoms with Crippen molar-refractivity contribution in [2.45, 2.75) is 16.3 Å². The second-order valence-electron chi connectivity index (χ2n) is 4.86. The molecule has 0 spiro atoms. The molecule has 0 aromatic heterocycles. The Balaban J connectivity index is 2.00. The number of halogens is 2. The highest BCUT2D eigenvalue weighted by atomic mass is 35.5. The van der Waals surface area contributed by atoms with E-state index in [1.165, 1.54) is 17.1 Å². The Morgan fingerprint density at radius 2 is 1.70 bits per heavy atom. The molecule has 0 aliphatic rings. The zero-order valence-electron chi connectivity index (χ0n) is 11.9. The number of hydrogen-bond acceptors (Lipinski definition) is 2. The summed E-state index contributed by atoms with van der Waals surface area (Å²) in [6.45, 7) is 0.231. The van der Waals surface area contributed by atoms with Crippen LogP contribution in [-0.4, -0.2) is 0 Å². The molecule has 0 unspecified atom stereocenters. The number of hydrogen-bond donors (Lipinski definition) is 0. The van der Waals surface area contributed by atoms with Crippen LogP contribution in [0.4, 0.5) is 0 Å². The molecule has 0 aliphatic heterocycles. The third-order valence-corrected chi connectivity index (χ3v) is 5.38. The molecule has 0 fully saturated rings. The average Bonchev–Trinajstić information content (AvgIpc) is 2.56. The Hall–Kier alpha value is -1.84. The Kier molecular flexibility index (Phi) is 4.99. The summed E-state index contributed by atoms with van der Waals surface area (Å²) in [5.41, 5.74) is 9.20. The van der Waals surface area contributed by atoms with Crippen LogP contribution in [0.1, 0.15) is 5.56 Å². The van der Waals surface area contributed by atoms with Crippen LogP contribution in [-0.2, 0) is 6.54 Å². The van der Waals surface area contributed by atoms with Crippen molar-refractivity contribution >= 4 is 45.7 Å². The van der Waals surface area contributed by atoms with Crippen LogP contribution in [0.25, 0.3) is 21.2 Å². The number of benzene rings is 3. The van der Waals surface area contributed by atoms with Crippen LogP contribution in [0.15, 0.2) is 69.5 Å². The Labute approximate surface area is 147 Å². The van der Waals surface area contributed by atoms with Crippen molar-refractivity contribution in [3.05, 3.63) is 80.6 Å². The molecule has 3 aromatic carbocycles. The smallest absolute Gasteiger partial charge is 0.0563 e. The van der Waals surface area contributed by atoms with Gasteiger partial charge in [-0.1, -0.05) is 76.5 Å². The average molecular weight is 360 g/mol. The van der Waals surface area contributed by atoms with Crippen molar-refractivity contribution in [3.63, 3.8) is 0 Å². The normalized spacial score (nSPS) is 10.5. The van der Waals surface area contributed by atoms with Gasteiger partial charge in [0.1, 0.15) is 0 Å². The Bertz CT molecular complexity index is 892. The summed E-state index contributed by atoms with van der Waals surface area (Å²) in [4.78, 5) is 4.64. The van der Waals surface area contributed by atoms with E-state index >= 15 is 0 Å². The molecule has 6 heteroatoms. The first-order chi connectivity index (χ1) is 11.2. The fraction of sp³-hybridized carbons (Fsp3) is 0.0588. The lowest BCUT2D eigenvalue weighted by Crippen LogP contribution is -1.86. The number of azide groups is 1. The maximum atomic E-state index is 8.40. The Morgan fingerprint density at radius 1 is 1.00 bits per heavy atom. The summed E-state index contributed by atoms with van der Waals surface area (Å²) in [7, 11) is 0. The molecule has 0 aliphatic carbocycles. The molecule has 114 valence electrons. The van der Waals surface area contributed by atoms with Crippen LogP contribution >= 0.6 is 35.0 Å². The first-order valence-electron chi connectivity index (χ1n) is 6.83. The van der Waals surface area contributed by atoms with Crippen LogP contribution in [0.3, 0.4) is 0 Å². The van der Waals surface area contributed by atoms with Gasteiger partial charge in [-0.25, -0.2) is 0 Å². The maximum absolute atomic E-state index is 8.40. The van der Waals surface area contributed by atoms with E-state index in [9.17, 15) is 0 Å². The van der Waals surface area contributed by atoms with E-state index in [0.717, 1.165) is 20.7 Å². The van der Waals surface area contributed by atoms with Gasteiger partial charge in [0, 0.05) is 14.7 Å². The molecular weight excluding hydrogens is 349 g/mol. The third kappa shape index (κ3) is 3.57. The van der Waals surface area contributed by atoms with Gasteiger partial charge in [-0.05, 0) is 40.1 Å². The summed E-state index contributed by atoms with van der Waals surface area (Å²) in [5.74, 6) is 0. The van der Waals surface area contributed by atoms with E-state index < -0.39 is 0 Å². The largest absolute Gasteiger partial charge is 0.0893 e. The Morgan fingerprint density at radius 3 is 2.43 bits per heavy atom. The van der Waals surface area contributed by atoms with E-state index in [-0.39, 0.29) is 6.54 Å². The molecule has 3 rings (SSSR count). The van der Waals surface area contributed by atoms with Crippen molar-refractivity contribution in [1.82, 2.24) is 0 Å². The SMILES string of the molecule is [N-]=[N+]=NCc1cc(Cl)c(Sc2cccc3ccccc23)c(Cl)c1. The number of fused-ring (bicyclic) bond motifs is 1. The highest BCUT2D eigenvalue weighted by Crippen LogP contribution is 2.41. The minimum atomic E-state index is 0.231. The predicted molar refractivity (Wildman–Crippen MR) is 97.4 cm³/mol. The highest BCUT2D eigenvalue weighted by Gasteiger charge is 2.11. The molecule has 0 atom stereocenters. The van der Waals surface area contributed by atoms with Crippen LogP contribution in [0.2, 0.25) is 10.0 Å². The van der Waals surface area contributed by atoms with Gasteiger partial charge in [-0.3, -0.25) is 0 Å². The van der Waals surface area contributed by atoms with Gasteiger partial charge in [0.15, 0.2) is 0 Å². The lowest BCUT2D eigenvalue weighted by molar-refractivity contribution is 1.04. The van der Waals surface area contributed by atoms with Gasteiger partial charge < -0.3 is 0 Å². The van der Waals surface area contributed by atoms with Gasteiger partial charge in [0.25, 0.3) is 0 Å². The quantitative estimate of drug-likeness (QED) is 0.278. The molecule has 0 N–H and O–H groups in total. The minimum Gasteiger partial charge on any atom is -0.0893 e. The first-order valence-corrected chi connectivity index (χ1v) is 8.40. The molecule has 0 amide bonds. The van der Waals surface area contributed by atoms with Gasteiger partial charge >= 0.3 is 0 Å². The summed E-state index contributed by atoms with van der Waals surface area (Å²) in [6.07, 6.45) is 0. The van der Waals surface area contributed by atoms with Crippen molar-refractivity contribution < 1.29 is 0 Å². The van der Waals surface area contributed by atoms with Gasteiger partial charge in [0.2, 0.25) is 0 Å². The topological polar surface area (TPSA) is 48.8 Å². The number of rotatable bonds is 4. The van der Waals surface area contributed by atoms with Crippen molar-refractivity contribution in [2.75, 3.05) is 0 Å². The molecule has 0 radical (unpaired) electrons. The first kappa shape index (κ1) is 16.0. The van der Waals surface area contributed by atoms with Gasteiger partial charge in [-0.2, -0.15) is 0 Å². The van der Waals surface area contributed by atoms with E-state index in [0.29, 0.717) is 10.0 Å². The molecule has 3 aromatic rings. The summed E-state index contributed by atoms with van der Waals surface area (Å²) >= 11 is 14.3. The maximum Gasteiger partial charge on any atom is 0.0563 e. The standard InChI is InChI=1S/C17H11Cl2N3S/c18-14-8-11(10-21-22-20)9-15(19)17(14)23-16-7-3-5-12-4-1-2-6-13(12)16/h1-9H,10H2. The predicted octanol–water partition coefficient (Wildman–Crippen LogP) is 7.11. The lowest BCUT2D eigenvalue weighted by atomic mass is 10.1. The van der Waals surface area contributed by atoms with Crippen LogP contribution in [0.5, 0.6) is 0 Å². The van der Waals surface area contributed by atoms with E-state index in [4.69, 9.17) is 28.7 Å². The molecule has 0 heterocycles. The van der Waals surface area contributed by atoms with E-state index in [1.54, 1.807) is 12.1 Å². The lowest BCUT2D eigenvalue weighted by Gasteiger charge is -2.11. The monoisotopic (exact) mass is 359 g/mol. The molecular formula is C17H11Cl2N3S. The minimum absolute atomic E-state index is 0.231. The summed E-state index contributed by atoms with van der Waals surface area (Å²) in [6, 6.07) is 17.9. The molecule has 3 nitrogen and oxygen atoms in total. The fourth-order valence-corrected chi connectivity index (χ4v) is 4.05. The van der Waals surface area contributed by atoms with E-state index in [1.807, 2.05) is 24.3 Å². The zero-order chi connectivity index (χ0) is 16.2. The third-order valence-electron chi connectivity index (χ3n) is 3.34. The molecule has 0 bridgehead atoms. The molecule has 0 saturated carbocycles.